The third kappa shape index (κ3) is 6.70. The molecule has 0 amide bonds. The van der Waals surface area contributed by atoms with Crippen LogP contribution in [0, 0.1) is 10.1 Å². The molecule has 1 aromatic carbocycles. The highest BCUT2D eigenvalue weighted by molar-refractivity contribution is 7.89. The van der Waals surface area contributed by atoms with Gasteiger partial charge >= 0.3 is 0 Å². The Kier molecular flexibility index (Phi) is 11.0. The summed E-state index contributed by atoms with van der Waals surface area (Å²) < 4.78 is 32.6. The Balaban J connectivity index is 0.00000137. The fourth-order valence-corrected chi connectivity index (χ4v) is 4.62. The molecule has 3 N–H and O–H groups in total. The minimum atomic E-state index is -3.87. The van der Waals surface area contributed by atoms with Crippen molar-refractivity contribution in [3.05, 3.63) is 57.4 Å². The van der Waals surface area contributed by atoms with E-state index >= 15 is 0 Å². The molecule has 0 saturated carbocycles. The summed E-state index contributed by atoms with van der Waals surface area (Å²) in [7, 11) is -3.87. The van der Waals surface area contributed by atoms with Crippen LogP contribution in [0.4, 0.5) is 0 Å². The van der Waals surface area contributed by atoms with Gasteiger partial charge in [-0.1, -0.05) is 34.3 Å². The monoisotopic (exact) mass is 497 g/mol. The number of hydrogen-bond donors (Lipinski definition) is 2. The lowest BCUT2D eigenvalue weighted by Gasteiger charge is -2.36. The van der Waals surface area contributed by atoms with Crippen LogP contribution in [-0.2, 0) is 14.9 Å². The number of amidine groups is 1. The van der Waals surface area contributed by atoms with E-state index in [0.29, 0.717) is 35.1 Å². The zero-order chi connectivity index (χ0) is 26.1. The number of nitrogens with two attached hydrogens (primary N) is 1. The maximum atomic E-state index is 12.9. The molecule has 0 atom stereocenters. The van der Waals surface area contributed by atoms with Crippen LogP contribution >= 0.6 is 0 Å². The van der Waals surface area contributed by atoms with E-state index in [-0.39, 0.29) is 24.5 Å². The predicted octanol–water partition coefficient (Wildman–Crippen LogP) is 2.82. The molecule has 0 aromatic heterocycles. The van der Waals surface area contributed by atoms with Crippen molar-refractivity contribution in [1.82, 2.24) is 9.62 Å². The van der Waals surface area contributed by atoms with Crippen molar-refractivity contribution in [2.45, 2.75) is 52.5 Å². The largest absolute Gasteiger partial charge is 0.493 e. The molecule has 1 saturated heterocycles. The Morgan fingerprint density at radius 3 is 2.47 bits per heavy atom. The van der Waals surface area contributed by atoms with Crippen molar-refractivity contribution in [3.8, 4) is 5.75 Å². The number of rotatable bonds is 8. The first-order valence-corrected chi connectivity index (χ1v) is 12.6. The van der Waals surface area contributed by atoms with Gasteiger partial charge in [0.05, 0.1) is 35.0 Å². The van der Waals surface area contributed by atoms with Gasteiger partial charge in [-0.15, -0.1) is 10.1 Å². The summed E-state index contributed by atoms with van der Waals surface area (Å²) in [4.78, 5) is 19.2. The number of allylic oxidation sites excluding steroid dienone is 1. The number of aliphatic imine (C=N–C) groups is 1. The van der Waals surface area contributed by atoms with E-state index in [2.05, 4.69) is 21.7 Å². The Labute approximate surface area is 201 Å². The highest BCUT2D eigenvalue weighted by Gasteiger charge is 2.39. The van der Waals surface area contributed by atoms with Crippen molar-refractivity contribution in [3.63, 3.8) is 0 Å². The molecule has 1 aromatic rings. The zero-order valence-corrected chi connectivity index (χ0v) is 21.4. The first-order chi connectivity index (χ1) is 16.1. The molecule has 2 heterocycles. The van der Waals surface area contributed by atoms with Crippen LogP contribution in [-0.4, -0.2) is 56.0 Å². The summed E-state index contributed by atoms with van der Waals surface area (Å²) in [6.45, 7) is 15.9. The van der Waals surface area contributed by atoms with Crippen LogP contribution in [0.25, 0.3) is 0 Å². The van der Waals surface area contributed by atoms with Crippen molar-refractivity contribution < 1.29 is 23.1 Å². The molecule has 2 aliphatic rings. The Hall–Kier alpha value is -3.12. The molecule has 0 unspecified atom stereocenters. The molecule has 1 fully saturated rings. The van der Waals surface area contributed by atoms with Gasteiger partial charge < -0.3 is 20.6 Å². The third-order valence-corrected chi connectivity index (χ3v) is 6.42. The maximum absolute atomic E-state index is 12.9. The number of nitrogens with zero attached hydrogens (tertiary/aromatic N) is 3. The van der Waals surface area contributed by atoms with Crippen molar-refractivity contribution in [2.75, 3.05) is 26.2 Å². The van der Waals surface area contributed by atoms with E-state index in [9.17, 15) is 18.5 Å². The minimum absolute atomic E-state index is 0.0180. The lowest BCUT2D eigenvalue weighted by atomic mass is 10.1. The molecule has 0 bridgehead atoms. The lowest BCUT2D eigenvalue weighted by molar-refractivity contribution is -0.771. The molecule has 0 radical (unpaired) electrons. The van der Waals surface area contributed by atoms with Crippen LogP contribution in [0.5, 0.6) is 5.75 Å². The first-order valence-electron chi connectivity index (χ1n) is 11.2. The van der Waals surface area contributed by atoms with Gasteiger partial charge in [0.25, 0.3) is 5.09 Å². The number of benzene rings is 1. The van der Waals surface area contributed by atoms with E-state index in [4.69, 9.17) is 10.5 Å². The molecular weight excluding hydrogens is 462 g/mol. The van der Waals surface area contributed by atoms with E-state index in [1.165, 1.54) is 12.1 Å². The average Bonchev–Trinajstić information content (AvgIpc) is 2.79. The summed E-state index contributed by atoms with van der Waals surface area (Å²) >= 11 is 0. The molecule has 0 spiro atoms. The van der Waals surface area contributed by atoms with E-state index in [1.807, 2.05) is 34.6 Å². The summed E-state index contributed by atoms with van der Waals surface area (Å²) in [5, 5.41) is 12.6. The topological polar surface area (TPSA) is 149 Å². The highest BCUT2D eigenvalue weighted by atomic mass is 32.2. The third-order valence-electron chi connectivity index (χ3n) is 4.59. The fraction of sp³-hybridized carbons (Fsp3) is 0.500. The summed E-state index contributed by atoms with van der Waals surface area (Å²) in [5.74, 6) is 0.878. The highest BCUT2D eigenvalue weighted by Crippen LogP contribution is 2.29. The Morgan fingerprint density at radius 2 is 1.94 bits per heavy atom. The van der Waals surface area contributed by atoms with Crippen LogP contribution in [0.1, 0.15) is 47.1 Å². The van der Waals surface area contributed by atoms with Crippen LogP contribution in [0.3, 0.4) is 0 Å². The summed E-state index contributed by atoms with van der Waals surface area (Å²) in [6, 6.07) is 4.45. The molecule has 11 nitrogen and oxygen atoms in total. The molecule has 12 heteroatoms. The quantitative estimate of drug-likeness (QED) is 0.411. The summed E-state index contributed by atoms with van der Waals surface area (Å²) in [5.41, 5.74) is 8.34. The minimum Gasteiger partial charge on any atom is -0.493 e. The van der Waals surface area contributed by atoms with E-state index in [1.54, 1.807) is 13.0 Å². The lowest BCUT2D eigenvalue weighted by Crippen LogP contribution is -2.55. The van der Waals surface area contributed by atoms with Gasteiger partial charge in [0.2, 0.25) is 10.0 Å². The van der Waals surface area contributed by atoms with Gasteiger partial charge in [-0.3, -0.25) is 4.99 Å². The van der Waals surface area contributed by atoms with Gasteiger partial charge in [0.15, 0.2) is 0 Å². The van der Waals surface area contributed by atoms with Gasteiger partial charge in [0.1, 0.15) is 17.7 Å². The first kappa shape index (κ1) is 28.9. The van der Waals surface area contributed by atoms with Crippen LogP contribution in [0.15, 0.2) is 51.6 Å². The van der Waals surface area contributed by atoms with Gasteiger partial charge in [0, 0.05) is 13.1 Å². The number of hydrogen-bond acceptors (Lipinski definition) is 9. The molecule has 2 aliphatic heterocycles. The second-order valence-electron chi connectivity index (χ2n) is 6.83. The smallest absolute Gasteiger partial charge is 0.294 e. The van der Waals surface area contributed by atoms with E-state index in [0.717, 1.165) is 9.88 Å². The second-order valence-corrected chi connectivity index (χ2v) is 8.77. The molecular formula is C22H35N5O6S. The number of nitrogens with one attached hydrogen (secondary N) is 1. The SMILES string of the molecule is C=C(C)C1=C(N)CN=C(c2cc(S(=O)(=O)N3CC(O[N+](=O)[O-])C3)ccc2OCC)N1.CC.CC. The van der Waals surface area contributed by atoms with Crippen LogP contribution < -0.4 is 15.8 Å². The van der Waals surface area contributed by atoms with Gasteiger partial charge in [-0.2, -0.15) is 4.31 Å². The Morgan fingerprint density at radius 1 is 1.32 bits per heavy atom. The van der Waals surface area contributed by atoms with Crippen molar-refractivity contribution in [1.29, 1.82) is 0 Å². The second kappa shape index (κ2) is 12.9. The predicted molar refractivity (Wildman–Crippen MR) is 132 cm³/mol. The Bertz CT molecular complexity index is 1050. The van der Waals surface area contributed by atoms with Crippen LogP contribution in [0.2, 0.25) is 0 Å². The number of ether oxygens (including phenoxy) is 1. The molecule has 34 heavy (non-hydrogen) atoms. The van der Waals surface area contributed by atoms with Gasteiger partial charge in [-0.25, -0.2) is 8.42 Å². The van der Waals surface area contributed by atoms with Crippen molar-refractivity contribution in [2.24, 2.45) is 10.7 Å². The fourth-order valence-electron chi connectivity index (χ4n) is 3.09. The zero-order valence-electron chi connectivity index (χ0n) is 20.6. The average molecular weight is 498 g/mol. The maximum Gasteiger partial charge on any atom is 0.294 e. The standard InChI is InChI=1S/C18H23N5O6S.2C2H6/c1-4-28-16-6-5-13(30(26,27)22-9-12(10-22)29-23(24)25)7-14(16)18-20-8-15(19)17(21-18)11(2)3;2*1-2/h5-7,12H,2,4,8-10,19H2,1,3H3,(H,20,21);2*1-2H3. The normalized spacial score (nSPS) is 15.9. The summed E-state index contributed by atoms with van der Waals surface area (Å²) in [6.07, 6.45) is -0.771. The molecule has 190 valence electrons. The molecule has 0 aliphatic carbocycles. The number of sulfonamides is 1. The van der Waals surface area contributed by atoms with Crippen molar-refractivity contribution >= 4 is 15.9 Å². The molecule has 3 rings (SSSR count). The van der Waals surface area contributed by atoms with E-state index < -0.39 is 21.2 Å². The van der Waals surface area contributed by atoms with Gasteiger partial charge in [-0.05, 0) is 37.6 Å².